The van der Waals surface area contributed by atoms with Crippen molar-refractivity contribution in [2.24, 2.45) is 0 Å². The Balaban J connectivity index is 2.27. The van der Waals surface area contributed by atoms with E-state index < -0.39 is 11.5 Å². The molecule has 1 aliphatic rings. The largest absolute Gasteiger partial charge is 0.480 e. The van der Waals surface area contributed by atoms with Gasteiger partial charge in [-0.1, -0.05) is 6.92 Å². The molecule has 1 unspecified atom stereocenters. The summed E-state index contributed by atoms with van der Waals surface area (Å²) in [6.45, 7) is 2.88. The van der Waals surface area contributed by atoms with Crippen molar-refractivity contribution in [1.82, 2.24) is 5.32 Å². The Labute approximate surface area is 76.9 Å². The minimum absolute atomic E-state index is 0.488. The van der Waals surface area contributed by atoms with Gasteiger partial charge in [0.15, 0.2) is 0 Å². The summed E-state index contributed by atoms with van der Waals surface area (Å²) in [5, 5.41) is 12.4. The second kappa shape index (κ2) is 3.66. The van der Waals surface area contributed by atoms with E-state index in [9.17, 15) is 4.79 Å². The first-order chi connectivity index (χ1) is 5.60. The van der Waals surface area contributed by atoms with Crippen LogP contribution in [0.4, 0.5) is 0 Å². The average molecular weight is 189 g/mol. The summed E-state index contributed by atoms with van der Waals surface area (Å²) >= 11 is 1.75. The summed E-state index contributed by atoms with van der Waals surface area (Å²) < 4.78 is 0. The van der Waals surface area contributed by atoms with Crippen LogP contribution in [0.25, 0.3) is 0 Å². The molecule has 0 aromatic carbocycles. The minimum atomic E-state index is -0.698. The molecule has 1 rings (SSSR count). The molecule has 3 nitrogen and oxygen atoms in total. The van der Waals surface area contributed by atoms with Gasteiger partial charge in [0.2, 0.25) is 0 Å². The maximum atomic E-state index is 10.7. The van der Waals surface area contributed by atoms with Crippen molar-refractivity contribution in [3.63, 3.8) is 0 Å². The molecule has 0 spiro atoms. The zero-order valence-corrected chi connectivity index (χ0v) is 8.28. The van der Waals surface area contributed by atoms with E-state index in [2.05, 4.69) is 12.2 Å². The predicted molar refractivity (Wildman–Crippen MR) is 50.6 cm³/mol. The van der Waals surface area contributed by atoms with Gasteiger partial charge in [-0.3, -0.25) is 4.79 Å². The lowest BCUT2D eigenvalue weighted by Gasteiger charge is -2.15. The van der Waals surface area contributed by atoms with Crippen LogP contribution in [0.2, 0.25) is 0 Å². The topological polar surface area (TPSA) is 49.3 Å². The van der Waals surface area contributed by atoms with Gasteiger partial charge in [-0.05, 0) is 19.1 Å². The number of hydrogen-bond donors (Lipinski definition) is 2. The van der Waals surface area contributed by atoms with Gasteiger partial charge < -0.3 is 10.4 Å². The molecule has 12 heavy (non-hydrogen) atoms. The lowest BCUT2D eigenvalue weighted by molar-refractivity contribution is -0.140. The fraction of sp³-hybridized carbons (Fsp3) is 0.875. The van der Waals surface area contributed by atoms with Gasteiger partial charge in [-0.25, -0.2) is 0 Å². The molecule has 4 heteroatoms. The average Bonchev–Trinajstić information content (AvgIpc) is 2.81. The molecule has 1 saturated carbocycles. The standard InChI is InChI=1S/C8H15NO2S/c1-6(12-2)5-9-8(3-4-8)7(10)11/h6,9H,3-5H2,1-2H3,(H,10,11). The first kappa shape index (κ1) is 9.86. The molecule has 0 bridgehead atoms. The molecule has 0 saturated heterocycles. The number of carboxylic acids is 1. The van der Waals surface area contributed by atoms with Crippen molar-refractivity contribution in [2.75, 3.05) is 12.8 Å². The zero-order valence-electron chi connectivity index (χ0n) is 7.46. The second-order valence-corrected chi connectivity index (χ2v) is 4.59. The summed E-state index contributed by atoms with van der Waals surface area (Å²) in [4.78, 5) is 10.7. The smallest absolute Gasteiger partial charge is 0.323 e. The number of hydrogen-bond acceptors (Lipinski definition) is 3. The van der Waals surface area contributed by atoms with Gasteiger partial charge in [-0.2, -0.15) is 11.8 Å². The van der Waals surface area contributed by atoms with Gasteiger partial charge in [0.1, 0.15) is 5.54 Å². The van der Waals surface area contributed by atoms with Crippen LogP contribution in [0.1, 0.15) is 19.8 Å². The maximum absolute atomic E-state index is 10.7. The molecule has 2 N–H and O–H groups in total. The van der Waals surface area contributed by atoms with Crippen molar-refractivity contribution in [1.29, 1.82) is 0 Å². The molecule has 1 aliphatic carbocycles. The highest BCUT2D eigenvalue weighted by molar-refractivity contribution is 7.99. The van der Waals surface area contributed by atoms with Crippen LogP contribution >= 0.6 is 11.8 Å². The highest BCUT2D eigenvalue weighted by atomic mass is 32.2. The second-order valence-electron chi connectivity index (χ2n) is 3.31. The lowest BCUT2D eigenvalue weighted by atomic mass is 10.2. The van der Waals surface area contributed by atoms with Crippen molar-refractivity contribution in [3.8, 4) is 0 Å². The van der Waals surface area contributed by atoms with E-state index in [0.29, 0.717) is 5.25 Å². The van der Waals surface area contributed by atoms with Crippen LogP contribution < -0.4 is 5.32 Å². The molecular formula is C8H15NO2S. The predicted octanol–water partition coefficient (Wildman–Crippen LogP) is 0.945. The molecule has 0 aliphatic heterocycles. The Hall–Kier alpha value is -0.220. The number of aliphatic carboxylic acids is 1. The van der Waals surface area contributed by atoms with Crippen LogP contribution in [0, 0.1) is 0 Å². The Bertz CT molecular complexity index is 180. The third-order valence-corrected chi connectivity index (χ3v) is 3.26. The van der Waals surface area contributed by atoms with E-state index in [-0.39, 0.29) is 0 Å². The molecule has 0 amide bonds. The fourth-order valence-corrected chi connectivity index (χ4v) is 1.26. The summed E-state index contributed by atoms with van der Waals surface area (Å²) in [6.07, 6.45) is 3.60. The molecular weight excluding hydrogens is 174 g/mol. The highest BCUT2D eigenvalue weighted by Gasteiger charge is 2.49. The van der Waals surface area contributed by atoms with E-state index >= 15 is 0 Å². The summed E-state index contributed by atoms with van der Waals surface area (Å²) in [5.41, 5.74) is -0.565. The van der Waals surface area contributed by atoms with Crippen LogP contribution in [0.5, 0.6) is 0 Å². The van der Waals surface area contributed by atoms with Gasteiger partial charge in [0.25, 0.3) is 0 Å². The number of rotatable bonds is 5. The molecule has 1 atom stereocenters. The number of carbonyl (C=O) groups is 1. The van der Waals surface area contributed by atoms with E-state index in [1.165, 1.54) is 0 Å². The number of nitrogens with one attached hydrogen (secondary N) is 1. The van der Waals surface area contributed by atoms with Crippen LogP contribution in [-0.4, -0.2) is 34.7 Å². The number of thioether (sulfide) groups is 1. The van der Waals surface area contributed by atoms with Gasteiger partial charge >= 0.3 is 5.97 Å². The Morgan fingerprint density at radius 2 is 2.33 bits per heavy atom. The highest BCUT2D eigenvalue weighted by Crippen LogP contribution is 2.35. The third-order valence-electron chi connectivity index (χ3n) is 2.29. The molecule has 0 aromatic heterocycles. The molecule has 1 fully saturated rings. The maximum Gasteiger partial charge on any atom is 0.323 e. The molecule has 0 aromatic rings. The van der Waals surface area contributed by atoms with Crippen molar-refractivity contribution >= 4 is 17.7 Å². The van der Waals surface area contributed by atoms with E-state index in [0.717, 1.165) is 19.4 Å². The first-order valence-electron chi connectivity index (χ1n) is 4.12. The van der Waals surface area contributed by atoms with Crippen molar-refractivity contribution in [3.05, 3.63) is 0 Å². The van der Waals surface area contributed by atoms with Crippen LogP contribution in [0.15, 0.2) is 0 Å². The zero-order chi connectivity index (χ0) is 9.19. The third kappa shape index (κ3) is 2.14. The Kier molecular flexibility index (Phi) is 3.01. The van der Waals surface area contributed by atoms with Crippen molar-refractivity contribution < 1.29 is 9.90 Å². The van der Waals surface area contributed by atoms with Crippen LogP contribution in [0.3, 0.4) is 0 Å². The Morgan fingerprint density at radius 3 is 2.67 bits per heavy atom. The van der Waals surface area contributed by atoms with Crippen molar-refractivity contribution in [2.45, 2.75) is 30.6 Å². The summed E-state index contributed by atoms with van der Waals surface area (Å²) in [6, 6.07) is 0. The molecule has 0 heterocycles. The Morgan fingerprint density at radius 1 is 1.75 bits per heavy atom. The first-order valence-corrected chi connectivity index (χ1v) is 5.41. The summed E-state index contributed by atoms with van der Waals surface area (Å²) in [7, 11) is 0. The monoisotopic (exact) mass is 189 g/mol. The van der Waals surface area contributed by atoms with E-state index in [1.54, 1.807) is 11.8 Å². The van der Waals surface area contributed by atoms with E-state index in [4.69, 9.17) is 5.11 Å². The minimum Gasteiger partial charge on any atom is -0.480 e. The lowest BCUT2D eigenvalue weighted by Crippen LogP contribution is -2.41. The normalized spacial score (nSPS) is 21.8. The van der Waals surface area contributed by atoms with Crippen LogP contribution in [-0.2, 0) is 4.79 Å². The summed E-state index contributed by atoms with van der Waals surface area (Å²) in [5.74, 6) is -0.698. The van der Waals surface area contributed by atoms with Gasteiger partial charge in [0, 0.05) is 11.8 Å². The van der Waals surface area contributed by atoms with Gasteiger partial charge in [-0.15, -0.1) is 0 Å². The quantitative estimate of drug-likeness (QED) is 0.676. The van der Waals surface area contributed by atoms with Gasteiger partial charge in [0.05, 0.1) is 0 Å². The molecule has 0 radical (unpaired) electrons. The SMILES string of the molecule is CSC(C)CNC1(C(=O)O)CC1. The number of carboxylic acid groups (broad SMARTS) is 1. The molecule has 70 valence electrons. The fourth-order valence-electron chi connectivity index (χ4n) is 1.01. The van der Waals surface area contributed by atoms with E-state index in [1.807, 2.05) is 6.26 Å².